The number of para-hydroxylation sites is 1. The Bertz CT molecular complexity index is 593. The predicted molar refractivity (Wildman–Crippen MR) is 89.7 cm³/mol. The van der Waals surface area contributed by atoms with Crippen molar-refractivity contribution in [1.82, 2.24) is 14.7 Å². The minimum atomic E-state index is 0. The zero-order valence-corrected chi connectivity index (χ0v) is 13.6. The van der Waals surface area contributed by atoms with Crippen molar-refractivity contribution in [3.05, 3.63) is 30.0 Å². The topological polar surface area (TPSA) is 47.1 Å². The molecule has 0 aliphatic carbocycles. The van der Waals surface area contributed by atoms with E-state index in [1.54, 1.807) is 0 Å². The highest BCUT2D eigenvalue weighted by molar-refractivity contribution is 5.85. The third-order valence-corrected chi connectivity index (χ3v) is 4.46. The number of nitrogens with zero attached hydrogens (tertiary/aromatic N) is 3. The number of hydrogen-bond acceptors (Lipinski definition) is 3. The minimum absolute atomic E-state index is 0. The number of hydrogen-bond donors (Lipinski definition) is 1. The molecule has 0 radical (unpaired) electrons. The van der Waals surface area contributed by atoms with Crippen molar-refractivity contribution in [2.24, 2.45) is 11.7 Å². The number of aromatic nitrogens is 2. The van der Waals surface area contributed by atoms with E-state index in [4.69, 9.17) is 10.8 Å². The predicted octanol–water partition coefficient (Wildman–Crippen LogP) is 2.65. The molecule has 1 aromatic heterocycles. The lowest BCUT2D eigenvalue weighted by molar-refractivity contribution is 0.304. The summed E-state index contributed by atoms with van der Waals surface area (Å²) < 4.78 is 2.10. The van der Waals surface area contributed by atoms with Gasteiger partial charge in [0.2, 0.25) is 0 Å². The van der Waals surface area contributed by atoms with Crippen LogP contribution in [0.25, 0.3) is 10.9 Å². The van der Waals surface area contributed by atoms with E-state index in [1.807, 2.05) is 0 Å². The largest absolute Gasteiger partial charge is 0.328 e. The molecular weight excluding hydrogens is 284 g/mol. The quantitative estimate of drug-likeness (QED) is 0.944. The summed E-state index contributed by atoms with van der Waals surface area (Å²) in [4.78, 5) is 2.49. The first-order valence-electron chi connectivity index (χ1n) is 7.61. The molecule has 2 atom stereocenters. The Morgan fingerprint density at radius 2 is 2.14 bits per heavy atom. The van der Waals surface area contributed by atoms with Crippen LogP contribution in [0.2, 0.25) is 0 Å². The molecule has 2 aromatic rings. The molecule has 1 fully saturated rings. The van der Waals surface area contributed by atoms with Crippen LogP contribution in [0.4, 0.5) is 0 Å². The second kappa shape index (κ2) is 6.77. The fourth-order valence-electron chi connectivity index (χ4n) is 3.20. The van der Waals surface area contributed by atoms with E-state index >= 15 is 0 Å². The Kier molecular flexibility index (Phi) is 5.25. The molecule has 0 spiro atoms. The molecule has 4 nitrogen and oxygen atoms in total. The molecule has 1 aliphatic rings. The minimum Gasteiger partial charge on any atom is -0.328 e. The molecule has 1 saturated heterocycles. The summed E-state index contributed by atoms with van der Waals surface area (Å²) in [5, 5.41) is 6.08. The molecule has 0 saturated carbocycles. The lowest BCUT2D eigenvalue weighted by Crippen LogP contribution is -2.29. The molecule has 1 aliphatic heterocycles. The molecule has 2 N–H and O–H groups in total. The van der Waals surface area contributed by atoms with Crippen LogP contribution in [0.15, 0.2) is 24.3 Å². The van der Waals surface area contributed by atoms with Crippen LogP contribution in [-0.4, -0.2) is 33.8 Å². The van der Waals surface area contributed by atoms with E-state index in [0.717, 1.165) is 26.2 Å². The maximum atomic E-state index is 6.02. The standard InChI is InChI=1S/C16H24N4.ClH/c1-3-20-16-7-5-4-6-14(16)15(18-20)11-19-9-8-13(10-19)12(2)17;/h4-7,12-13H,3,8-11,17H2,1-2H3;1H. The van der Waals surface area contributed by atoms with Gasteiger partial charge < -0.3 is 5.73 Å². The van der Waals surface area contributed by atoms with Crippen molar-refractivity contribution in [3.63, 3.8) is 0 Å². The number of nitrogens with two attached hydrogens (primary N) is 1. The van der Waals surface area contributed by atoms with Gasteiger partial charge in [0.25, 0.3) is 0 Å². The first-order valence-corrected chi connectivity index (χ1v) is 7.61. The number of rotatable bonds is 4. The van der Waals surface area contributed by atoms with Crippen LogP contribution in [-0.2, 0) is 13.1 Å². The Morgan fingerprint density at radius 3 is 2.81 bits per heavy atom. The van der Waals surface area contributed by atoms with Gasteiger partial charge >= 0.3 is 0 Å². The summed E-state index contributed by atoms with van der Waals surface area (Å²) in [6.07, 6.45) is 1.21. The van der Waals surface area contributed by atoms with Gasteiger partial charge in [-0.2, -0.15) is 5.10 Å². The van der Waals surface area contributed by atoms with Gasteiger partial charge in [-0.05, 0) is 38.8 Å². The number of aryl methyl sites for hydroxylation is 1. The smallest absolute Gasteiger partial charge is 0.0843 e. The van der Waals surface area contributed by atoms with Crippen LogP contribution in [0, 0.1) is 5.92 Å². The van der Waals surface area contributed by atoms with E-state index < -0.39 is 0 Å². The van der Waals surface area contributed by atoms with Crippen molar-refractivity contribution >= 4 is 23.3 Å². The highest BCUT2D eigenvalue weighted by atomic mass is 35.5. The first kappa shape index (κ1) is 16.3. The average Bonchev–Trinajstić information content (AvgIpc) is 3.05. The number of halogens is 1. The molecular formula is C16H25ClN4. The Labute approximate surface area is 132 Å². The van der Waals surface area contributed by atoms with E-state index in [2.05, 4.69) is 47.7 Å². The zero-order valence-electron chi connectivity index (χ0n) is 12.8. The zero-order chi connectivity index (χ0) is 14.1. The lowest BCUT2D eigenvalue weighted by atomic mass is 10.0. The van der Waals surface area contributed by atoms with Gasteiger partial charge in [0, 0.05) is 31.1 Å². The fourth-order valence-corrected chi connectivity index (χ4v) is 3.20. The highest BCUT2D eigenvalue weighted by Gasteiger charge is 2.26. The molecule has 5 heteroatoms. The van der Waals surface area contributed by atoms with Crippen LogP contribution in [0.1, 0.15) is 26.0 Å². The summed E-state index contributed by atoms with van der Waals surface area (Å²) in [5.74, 6) is 0.634. The second-order valence-electron chi connectivity index (χ2n) is 5.92. The van der Waals surface area contributed by atoms with Gasteiger partial charge in [-0.3, -0.25) is 9.58 Å². The van der Waals surface area contributed by atoms with Crippen LogP contribution in [0.3, 0.4) is 0 Å². The van der Waals surface area contributed by atoms with Crippen LogP contribution in [0.5, 0.6) is 0 Å². The van der Waals surface area contributed by atoms with Gasteiger partial charge in [0.1, 0.15) is 0 Å². The lowest BCUT2D eigenvalue weighted by Gasteiger charge is -2.16. The average molecular weight is 309 g/mol. The number of likely N-dealkylation sites (tertiary alicyclic amines) is 1. The van der Waals surface area contributed by atoms with Crippen LogP contribution < -0.4 is 5.73 Å². The van der Waals surface area contributed by atoms with Crippen molar-refractivity contribution in [1.29, 1.82) is 0 Å². The summed E-state index contributed by atoms with van der Waals surface area (Å²) in [5.41, 5.74) is 8.47. The van der Waals surface area contributed by atoms with E-state index in [9.17, 15) is 0 Å². The molecule has 1 aromatic carbocycles. The Morgan fingerprint density at radius 1 is 1.38 bits per heavy atom. The van der Waals surface area contributed by atoms with Gasteiger partial charge in [-0.15, -0.1) is 12.4 Å². The molecule has 0 bridgehead atoms. The first-order chi connectivity index (χ1) is 9.69. The van der Waals surface area contributed by atoms with Gasteiger partial charge in [-0.25, -0.2) is 0 Å². The second-order valence-corrected chi connectivity index (χ2v) is 5.92. The summed E-state index contributed by atoms with van der Waals surface area (Å²) >= 11 is 0. The van der Waals surface area contributed by atoms with Crippen molar-refractivity contribution in [2.45, 2.75) is 39.4 Å². The number of benzene rings is 1. The molecule has 21 heavy (non-hydrogen) atoms. The van der Waals surface area contributed by atoms with Crippen molar-refractivity contribution in [2.75, 3.05) is 13.1 Å². The SMILES string of the molecule is CCn1nc(CN2CCC(C(C)N)C2)c2ccccc21.Cl. The van der Waals surface area contributed by atoms with Crippen LogP contribution >= 0.6 is 12.4 Å². The summed E-state index contributed by atoms with van der Waals surface area (Å²) in [7, 11) is 0. The maximum absolute atomic E-state index is 6.02. The van der Waals surface area contributed by atoms with E-state index in [-0.39, 0.29) is 12.4 Å². The van der Waals surface area contributed by atoms with E-state index in [0.29, 0.717) is 12.0 Å². The molecule has 0 amide bonds. The normalized spacial score (nSPS) is 20.6. The van der Waals surface area contributed by atoms with Crippen molar-refractivity contribution in [3.8, 4) is 0 Å². The Balaban J connectivity index is 0.00000161. The van der Waals surface area contributed by atoms with Gasteiger partial charge in [0.05, 0.1) is 11.2 Å². The van der Waals surface area contributed by atoms with E-state index in [1.165, 1.54) is 23.0 Å². The highest BCUT2D eigenvalue weighted by Crippen LogP contribution is 2.24. The number of fused-ring (bicyclic) bond motifs is 1. The monoisotopic (exact) mass is 308 g/mol. The third-order valence-electron chi connectivity index (χ3n) is 4.46. The summed E-state index contributed by atoms with van der Waals surface area (Å²) in [6, 6.07) is 8.82. The molecule has 2 unspecified atom stereocenters. The van der Waals surface area contributed by atoms with Gasteiger partial charge in [-0.1, -0.05) is 18.2 Å². The molecule has 2 heterocycles. The molecule has 116 valence electrons. The Hall–Kier alpha value is -1.10. The summed E-state index contributed by atoms with van der Waals surface area (Å²) in [6.45, 7) is 8.37. The van der Waals surface area contributed by atoms with Crippen molar-refractivity contribution < 1.29 is 0 Å². The fraction of sp³-hybridized carbons (Fsp3) is 0.562. The van der Waals surface area contributed by atoms with Gasteiger partial charge in [0.15, 0.2) is 0 Å². The molecule has 3 rings (SSSR count). The maximum Gasteiger partial charge on any atom is 0.0843 e. The third kappa shape index (κ3) is 3.23.